The molecule has 0 aromatic carbocycles. The van der Waals surface area contributed by atoms with Gasteiger partial charge in [0.1, 0.15) is 18.4 Å². The Morgan fingerprint density at radius 1 is 1.13 bits per heavy atom. The van der Waals surface area contributed by atoms with Gasteiger partial charge >= 0.3 is 0 Å². The van der Waals surface area contributed by atoms with Gasteiger partial charge in [0.25, 0.3) is 0 Å². The third kappa shape index (κ3) is 2620. The number of hydrogen-bond acceptors (Lipinski definition) is 3. The first kappa shape index (κ1) is 23.5. The predicted molar refractivity (Wildman–Crippen MR) is 64.9 cm³/mol. The molecule has 3 heteroatoms. The Kier molecular flexibility index (Phi) is 45.9. The Morgan fingerprint density at radius 2 is 1.20 bits per heavy atom. The lowest BCUT2D eigenvalue weighted by molar-refractivity contribution is -0.115. The summed E-state index contributed by atoms with van der Waals surface area (Å²) in [7, 11) is 0. The van der Waals surface area contributed by atoms with Crippen LogP contribution in [0.3, 0.4) is 0 Å². The second kappa shape index (κ2) is 29.3. The molecule has 0 saturated heterocycles. The van der Waals surface area contributed by atoms with Crippen LogP contribution in [-0.2, 0) is 14.4 Å². The van der Waals surface area contributed by atoms with Gasteiger partial charge in [0.05, 0.1) is 0 Å². The van der Waals surface area contributed by atoms with Crippen LogP contribution in [0.2, 0.25) is 0 Å². The van der Waals surface area contributed by atoms with E-state index in [1.807, 2.05) is 0 Å². The van der Waals surface area contributed by atoms with Crippen molar-refractivity contribution in [3.8, 4) is 0 Å². The van der Waals surface area contributed by atoms with Crippen LogP contribution < -0.4 is 0 Å². The van der Waals surface area contributed by atoms with Crippen LogP contribution in [-0.4, -0.2) is 18.4 Å². The minimum Gasteiger partial charge on any atom is -0.304 e. The van der Waals surface area contributed by atoms with E-state index < -0.39 is 0 Å². The first-order chi connectivity index (χ1) is 6.83. The Balaban J connectivity index is -0.0000000553. The second-order valence-corrected chi connectivity index (χ2v) is 2.82. The van der Waals surface area contributed by atoms with Gasteiger partial charge in [-0.2, -0.15) is 0 Å². The van der Waals surface area contributed by atoms with Crippen molar-refractivity contribution in [2.75, 3.05) is 0 Å². The first-order valence-corrected chi connectivity index (χ1v) is 4.81. The fourth-order valence-electron chi connectivity index (χ4n) is 0. The zero-order valence-corrected chi connectivity index (χ0v) is 10.8. The molecule has 0 rings (SSSR count). The molecule has 0 aliphatic carbocycles. The van der Waals surface area contributed by atoms with Gasteiger partial charge in [0.2, 0.25) is 0 Å². The molecule has 0 aliphatic heterocycles. The fraction of sp³-hybridized carbons (Fsp3) is 0.583. The zero-order chi connectivity index (χ0) is 13.3. The maximum absolute atomic E-state index is 9.44. The van der Waals surface area contributed by atoms with Crippen molar-refractivity contribution in [3.05, 3.63) is 12.2 Å². The molecular weight excluding hydrogens is 192 g/mol. The van der Waals surface area contributed by atoms with Crippen LogP contribution in [0.5, 0.6) is 0 Å². The van der Waals surface area contributed by atoms with Crippen molar-refractivity contribution in [2.45, 2.75) is 48.0 Å². The molecule has 0 saturated carbocycles. The lowest BCUT2D eigenvalue weighted by atomic mass is 10.4. The Morgan fingerprint density at radius 3 is 1.20 bits per heavy atom. The molecule has 0 fully saturated rings. The molecule has 0 radical (unpaired) electrons. The number of aldehydes is 2. The molecular formula is C12H24O3. The van der Waals surface area contributed by atoms with Gasteiger partial charge in [-0.3, -0.25) is 4.79 Å². The van der Waals surface area contributed by atoms with E-state index in [2.05, 4.69) is 20.4 Å². The summed E-state index contributed by atoms with van der Waals surface area (Å²) < 4.78 is 0. The van der Waals surface area contributed by atoms with Gasteiger partial charge in [-0.15, -0.1) is 0 Å². The molecule has 0 aromatic rings. The Bertz CT molecular complexity index is 156. The van der Waals surface area contributed by atoms with E-state index in [-0.39, 0.29) is 5.78 Å². The minimum absolute atomic E-state index is 0.167. The van der Waals surface area contributed by atoms with Crippen LogP contribution in [0, 0.1) is 0 Å². The molecule has 0 amide bonds. The zero-order valence-electron chi connectivity index (χ0n) is 10.8. The average Bonchev–Trinajstić information content (AvgIpc) is 2.06. The highest BCUT2D eigenvalue weighted by atomic mass is 16.1. The summed E-state index contributed by atoms with van der Waals surface area (Å²) in [5, 5.41) is 0. The van der Waals surface area contributed by atoms with Crippen molar-refractivity contribution in [2.24, 2.45) is 0 Å². The van der Waals surface area contributed by atoms with E-state index in [1.54, 1.807) is 6.92 Å². The number of Topliss-reactive ketones (excluding diaryl/α,β-unsaturated/α-hetero) is 1. The molecule has 15 heavy (non-hydrogen) atoms. The first-order valence-electron chi connectivity index (χ1n) is 4.81. The molecule has 0 aromatic heterocycles. The van der Waals surface area contributed by atoms with Gasteiger partial charge < -0.3 is 9.59 Å². The summed E-state index contributed by atoms with van der Waals surface area (Å²) in [6, 6.07) is 0. The van der Waals surface area contributed by atoms with Gasteiger partial charge in [0.15, 0.2) is 0 Å². The van der Waals surface area contributed by atoms with Crippen LogP contribution in [0.1, 0.15) is 48.0 Å². The lowest BCUT2D eigenvalue weighted by Gasteiger charge is -1.65. The van der Waals surface area contributed by atoms with Crippen LogP contribution in [0.25, 0.3) is 0 Å². The van der Waals surface area contributed by atoms with Gasteiger partial charge in [-0.05, 0) is 33.3 Å². The summed E-state index contributed by atoms with van der Waals surface area (Å²) in [6.07, 6.45) is 2.72. The molecule has 3 nitrogen and oxygen atoms in total. The van der Waals surface area contributed by atoms with Crippen molar-refractivity contribution < 1.29 is 14.4 Å². The predicted octanol–water partition coefficient (Wildman–Crippen LogP) is 2.98. The maximum Gasteiger partial charge on any atom is 0.145 e. The standard InChI is InChI=1S/C4H6O.C3H6O.C3H8.C2H4O/c1-4(2)3-5;1-3(2)4;1-3-2;1-2-3/h3H,1H2,2H3;1-2H3;3H2,1-2H3;2H,1H3. The highest BCUT2D eigenvalue weighted by Crippen LogP contribution is 1.70. The van der Waals surface area contributed by atoms with E-state index in [4.69, 9.17) is 4.79 Å². The van der Waals surface area contributed by atoms with Crippen molar-refractivity contribution in [1.82, 2.24) is 0 Å². The van der Waals surface area contributed by atoms with Crippen LogP contribution in [0.4, 0.5) is 0 Å². The summed E-state index contributed by atoms with van der Waals surface area (Å²) in [5.41, 5.74) is 0.574. The maximum atomic E-state index is 9.44. The largest absolute Gasteiger partial charge is 0.304 e. The fourth-order valence-corrected chi connectivity index (χ4v) is 0. The number of hydrogen-bond donors (Lipinski definition) is 0. The number of rotatable bonds is 1. The SMILES string of the molecule is C=C(C)C=O.CC(C)=O.CC=O.CCC. The van der Waals surface area contributed by atoms with Gasteiger partial charge in [-0.25, -0.2) is 0 Å². The molecule has 0 unspecified atom stereocenters. The summed E-state index contributed by atoms with van der Waals surface area (Å²) in [6.45, 7) is 13.7. The van der Waals surface area contributed by atoms with Crippen molar-refractivity contribution in [3.63, 3.8) is 0 Å². The molecule has 90 valence electrons. The van der Waals surface area contributed by atoms with Crippen LogP contribution in [0.15, 0.2) is 12.2 Å². The van der Waals surface area contributed by atoms with E-state index in [0.29, 0.717) is 5.57 Å². The van der Waals surface area contributed by atoms with Crippen molar-refractivity contribution >= 4 is 18.4 Å². The average molecular weight is 216 g/mol. The minimum atomic E-state index is 0.167. The quantitative estimate of drug-likeness (QED) is 0.500. The molecule has 0 heterocycles. The monoisotopic (exact) mass is 216 g/mol. The lowest BCUT2D eigenvalue weighted by Crippen LogP contribution is -1.69. The van der Waals surface area contributed by atoms with Gasteiger partial charge in [-0.1, -0.05) is 26.8 Å². The van der Waals surface area contributed by atoms with E-state index >= 15 is 0 Å². The van der Waals surface area contributed by atoms with Gasteiger partial charge in [0, 0.05) is 0 Å². The van der Waals surface area contributed by atoms with Crippen LogP contribution >= 0.6 is 0 Å². The smallest absolute Gasteiger partial charge is 0.145 e. The van der Waals surface area contributed by atoms with E-state index in [0.717, 1.165) is 12.6 Å². The highest BCUT2D eigenvalue weighted by molar-refractivity contribution is 5.72. The number of carbonyl (C=O) groups excluding carboxylic acids is 3. The Hall–Kier alpha value is -1.25. The highest BCUT2D eigenvalue weighted by Gasteiger charge is 1.66. The molecule has 0 spiro atoms. The van der Waals surface area contributed by atoms with E-state index in [1.165, 1.54) is 27.2 Å². The summed E-state index contributed by atoms with van der Waals surface area (Å²) in [5.74, 6) is 0.167. The molecule has 0 bridgehead atoms. The van der Waals surface area contributed by atoms with E-state index in [9.17, 15) is 9.59 Å². The third-order valence-electron chi connectivity index (χ3n) is 0.201. The normalized spacial score (nSPS) is 6.00. The third-order valence-corrected chi connectivity index (χ3v) is 0.201. The number of allylic oxidation sites excluding steroid dienone is 1. The molecule has 0 atom stereocenters. The molecule has 0 aliphatic rings. The summed E-state index contributed by atoms with van der Waals surface area (Å²) in [4.78, 5) is 27.7. The second-order valence-electron chi connectivity index (χ2n) is 2.82. The molecule has 0 N–H and O–H groups in total. The van der Waals surface area contributed by atoms with Crippen molar-refractivity contribution in [1.29, 1.82) is 0 Å². The summed E-state index contributed by atoms with van der Waals surface area (Å²) >= 11 is 0. The number of carbonyl (C=O) groups is 3. The topological polar surface area (TPSA) is 51.2 Å². The Labute approximate surface area is 93.6 Å². The number of ketones is 1.